The summed E-state index contributed by atoms with van der Waals surface area (Å²) in [5.74, 6) is -0.449. The van der Waals surface area contributed by atoms with Gasteiger partial charge in [0.25, 0.3) is 0 Å². The minimum Gasteiger partial charge on any atom is -0.467 e. The molecule has 0 saturated heterocycles. The van der Waals surface area contributed by atoms with Crippen molar-refractivity contribution in [3.05, 3.63) is 35.0 Å². The lowest BCUT2D eigenvalue weighted by atomic mass is 9.79. The minimum atomic E-state index is -1.12. The van der Waals surface area contributed by atoms with E-state index < -0.39 is 23.2 Å². The van der Waals surface area contributed by atoms with Crippen LogP contribution in [0.1, 0.15) is 44.0 Å². The van der Waals surface area contributed by atoms with Crippen LogP contribution in [0.3, 0.4) is 0 Å². The second kappa shape index (κ2) is 6.34. The van der Waals surface area contributed by atoms with Gasteiger partial charge in [0.15, 0.2) is 0 Å². The predicted molar refractivity (Wildman–Crippen MR) is 99.2 cm³/mol. The van der Waals surface area contributed by atoms with Gasteiger partial charge in [0.1, 0.15) is 11.1 Å². The SMILES string of the molecule is COC(=O)C1(NC(=O)OC(C)(C)C)CCc2[nH]c3cc(C)ccc3c2C1. The van der Waals surface area contributed by atoms with Gasteiger partial charge in [0.2, 0.25) is 0 Å². The molecule has 0 saturated carbocycles. The zero-order valence-electron chi connectivity index (χ0n) is 16.0. The topological polar surface area (TPSA) is 80.4 Å². The van der Waals surface area contributed by atoms with Gasteiger partial charge < -0.3 is 19.8 Å². The van der Waals surface area contributed by atoms with Gasteiger partial charge in [-0.15, -0.1) is 0 Å². The highest BCUT2D eigenvalue weighted by Crippen LogP contribution is 2.35. The number of esters is 1. The van der Waals surface area contributed by atoms with Crippen molar-refractivity contribution in [3.63, 3.8) is 0 Å². The molecule has 1 atom stereocenters. The molecule has 1 aliphatic rings. The van der Waals surface area contributed by atoms with E-state index in [1.807, 2.05) is 13.0 Å². The average molecular weight is 358 g/mol. The summed E-state index contributed by atoms with van der Waals surface area (Å²) in [6.07, 6.45) is 0.866. The number of aryl methyl sites for hydroxylation is 2. The summed E-state index contributed by atoms with van der Waals surface area (Å²) in [5, 5.41) is 3.87. The van der Waals surface area contributed by atoms with Crippen LogP contribution in [0.25, 0.3) is 10.9 Å². The molecule has 2 aromatic rings. The first-order chi connectivity index (χ1) is 12.1. The number of amides is 1. The van der Waals surface area contributed by atoms with Crippen LogP contribution >= 0.6 is 0 Å². The van der Waals surface area contributed by atoms with Gasteiger partial charge in [-0.3, -0.25) is 0 Å². The summed E-state index contributed by atoms with van der Waals surface area (Å²) < 4.78 is 10.4. The molecule has 0 fully saturated rings. The number of fused-ring (bicyclic) bond motifs is 3. The Bertz CT molecular complexity index is 863. The van der Waals surface area contributed by atoms with Crippen molar-refractivity contribution in [2.24, 2.45) is 0 Å². The van der Waals surface area contributed by atoms with Crippen LogP contribution in [-0.4, -0.2) is 35.3 Å². The van der Waals surface area contributed by atoms with E-state index in [0.717, 1.165) is 22.2 Å². The van der Waals surface area contributed by atoms with Gasteiger partial charge in [0, 0.05) is 23.0 Å². The largest absolute Gasteiger partial charge is 0.467 e. The van der Waals surface area contributed by atoms with Crippen molar-refractivity contribution in [1.82, 2.24) is 10.3 Å². The van der Waals surface area contributed by atoms with Crippen molar-refractivity contribution in [2.75, 3.05) is 7.11 Å². The highest BCUT2D eigenvalue weighted by Gasteiger charge is 2.45. The summed E-state index contributed by atoms with van der Waals surface area (Å²) in [4.78, 5) is 28.4. The van der Waals surface area contributed by atoms with Crippen molar-refractivity contribution < 1.29 is 19.1 Å². The van der Waals surface area contributed by atoms with Gasteiger partial charge in [-0.1, -0.05) is 12.1 Å². The number of benzene rings is 1. The Hall–Kier alpha value is -2.50. The lowest BCUT2D eigenvalue weighted by molar-refractivity contribution is -0.149. The molecule has 1 heterocycles. The fraction of sp³-hybridized carbons (Fsp3) is 0.500. The molecule has 1 aliphatic carbocycles. The van der Waals surface area contributed by atoms with E-state index in [9.17, 15) is 9.59 Å². The van der Waals surface area contributed by atoms with Crippen LogP contribution in [0.5, 0.6) is 0 Å². The van der Waals surface area contributed by atoms with E-state index in [0.29, 0.717) is 19.3 Å². The maximum Gasteiger partial charge on any atom is 0.408 e. The number of methoxy groups -OCH3 is 1. The number of rotatable bonds is 2. The minimum absolute atomic E-state index is 0.372. The van der Waals surface area contributed by atoms with Crippen LogP contribution in [0, 0.1) is 6.92 Å². The number of hydrogen-bond acceptors (Lipinski definition) is 4. The fourth-order valence-corrected chi connectivity index (χ4v) is 3.60. The Morgan fingerprint density at radius 3 is 2.65 bits per heavy atom. The number of carbonyl (C=O) groups is 2. The third-order valence-electron chi connectivity index (χ3n) is 4.75. The quantitative estimate of drug-likeness (QED) is 0.806. The highest BCUT2D eigenvalue weighted by atomic mass is 16.6. The molecule has 26 heavy (non-hydrogen) atoms. The van der Waals surface area contributed by atoms with Gasteiger partial charge in [-0.05, 0) is 57.7 Å². The number of ether oxygens (including phenoxy) is 2. The summed E-state index contributed by atoms with van der Waals surface area (Å²) in [7, 11) is 1.34. The van der Waals surface area contributed by atoms with Crippen molar-refractivity contribution >= 4 is 23.0 Å². The monoisotopic (exact) mass is 358 g/mol. The summed E-state index contributed by atoms with van der Waals surface area (Å²) in [6, 6.07) is 6.20. The Morgan fingerprint density at radius 1 is 1.27 bits per heavy atom. The van der Waals surface area contributed by atoms with E-state index in [4.69, 9.17) is 9.47 Å². The Labute approximate surface area is 153 Å². The molecule has 0 radical (unpaired) electrons. The molecule has 3 rings (SSSR count). The van der Waals surface area contributed by atoms with Crippen molar-refractivity contribution in [3.8, 4) is 0 Å². The lowest BCUT2D eigenvalue weighted by Gasteiger charge is -2.35. The van der Waals surface area contributed by atoms with Gasteiger partial charge in [-0.25, -0.2) is 9.59 Å². The number of aromatic amines is 1. The molecule has 6 nitrogen and oxygen atoms in total. The summed E-state index contributed by atoms with van der Waals surface area (Å²) in [5.41, 5.74) is 2.61. The van der Waals surface area contributed by atoms with E-state index in [-0.39, 0.29) is 0 Å². The summed E-state index contributed by atoms with van der Waals surface area (Å²) >= 11 is 0. The molecular formula is C20H26N2O4. The Kier molecular flexibility index (Phi) is 4.46. The van der Waals surface area contributed by atoms with Crippen molar-refractivity contribution in [1.29, 1.82) is 0 Å². The van der Waals surface area contributed by atoms with E-state index >= 15 is 0 Å². The molecule has 140 valence electrons. The first kappa shape index (κ1) is 18.3. The second-order valence-electron chi connectivity index (χ2n) is 8.01. The smallest absolute Gasteiger partial charge is 0.408 e. The second-order valence-corrected chi connectivity index (χ2v) is 8.01. The van der Waals surface area contributed by atoms with Crippen LogP contribution in [0.2, 0.25) is 0 Å². The Balaban J connectivity index is 1.96. The molecule has 1 aromatic heterocycles. The predicted octanol–water partition coefficient (Wildman–Crippen LogP) is 3.40. The highest BCUT2D eigenvalue weighted by molar-refractivity contribution is 5.90. The number of nitrogens with one attached hydrogen (secondary N) is 2. The van der Waals surface area contributed by atoms with E-state index in [2.05, 4.69) is 22.4 Å². The molecule has 2 N–H and O–H groups in total. The van der Waals surface area contributed by atoms with Crippen LogP contribution in [0.15, 0.2) is 18.2 Å². The van der Waals surface area contributed by atoms with E-state index in [1.165, 1.54) is 12.7 Å². The molecule has 1 unspecified atom stereocenters. The van der Waals surface area contributed by atoms with Gasteiger partial charge >= 0.3 is 12.1 Å². The molecule has 1 aromatic carbocycles. The van der Waals surface area contributed by atoms with Crippen LogP contribution < -0.4 is 5.32 Å². The lowest BCUT2D eigenvalue weighted by Crippen LogP contribution is -2.59. The normalized spacial score (nSPS) is 19.7. The first-order valence-electron chi connectivity index (χ1n) is 8.83. The third kappa shape index (κ3) is 3.41. The maximum absolute atomic E-state index is 12.6. The molecule has 0 bridgehead atoms. The fourth-order valence-electron chi connectivity index (χ4n) is 3.60. The standard InChI is InChI=1S/C20H26N2O4/c1-12-6-7-13-14-11-20(17(23)25-5,22-18(24)26-19(2,3)4)9-8-15(14)21-16(13)10-12/h6-7,10,21H,8-9,11H2,1-5H3,(H,22,24). The third-order valence-corrected chi connectivity index (χ3v) is 4.75. The molecule has 0 aliphatic heterocycles. The number of hydrogen-bond donors (Lipinski definition) is 2. The van der Waals surface area contributed by atoms with Gasteiger partial charge in [-0.2, -0.15) is 0 Å². The van der Waals surface area contributed by atoms with Crippen LogP contribution in [0.4, 0.5) is 4.79 Å². The Morgan fingerprint density at radius 2 is 2.00 bits per heavy atom. The number of carbonyl (C=O) groups excluding carboxylic acids is 2. The maximum atomic E-state index is 12.6. The zero-order valence-corrected chi connectivity index (χ0v) is 16.0. The average Bonchev–Trinajstić information content (AvgIpc) is 2.88. The van der Waals surface area contributed by atoms with Crippen LogP contribution in [-0.2, 0) is 27.1 Å². The number of H-pyrrole nitrogens is 1. The van der Waals surface area contributed by atoms with E-state index in [1.54, 1.807) is 20.8 Å². The molecule has 1 amide bonds. The van der Waals surface area contributed by atoms with Crippen molar-refractivity contribution in [2.45, 2.75) is 58.1 Å². The number of aromatic nitrogens is 1. The number of alkyl carbamates (subject to hydrolysis) is 1. The molecule has 6 heteroatoms. The summed E-state index contributed by atoms with van der Waals surface area (Å²) in [6.45, 7) is 7.41. The molecular weight excluding hydrogens is 332 g/mol. The zero-order chi connectivity index (χ0) is 19.1. The first-order valence-corrected chi connectivity index (χ1v) is 8.83. The molecule has 0 spiro atoms. The van der Waals surface area contributed by atoms with Gasteiger partial charge in [0.05, 0.1) is 7.11 Å².